The maximum Gasteiger partial charge on any atom is 0.176 e. The van der Waals surface area contributed by atoms with Gasteiger partial charge in [0.1, 0.15) is 53.9 Å². The summed E-state index contributed by atoms with van der Waals surface area (Å²) in [6.45, 7) is 0.505. The van der Waals surface area contributed by atoms with Crippen molar-refractivity contribution in [3.63, 3.8) is 0 Å². The van der Waals surface area contributed by atoms with Gasteiger partial charge in [0.15, 0.2) is 18.9 Å². The number of ether oxygens (including phenoxy) is 5. The summed E-state index contributed by atoms with van der Waals surface area (Å²) in [4.78, 5) is 0. The van der Waals surface area contributed by atoms with E-state index in [2.05, 4.69) is 0 Å². The molecule has 3 aliphatic rings. The zero-order valence-electron chi connectivity index (χ0n) is 20.0. The summed E-state index contributed by atoms with van der Waals surface area (Å²) in [5, 5.41) is 81.5. The Kier molecular flexibility index (Phi) is 9.33. The van der Waals surface area contributed by atoms with Gasteiger partial charge in [-0.3, -0.25) is 0 Å². The van der Waals surface area contributed by atoms with Crippen LogP contribution in [0.4, 0.5) is 0 Å². The molecule has 0 saturated carbocycles. The van der Waals surface area contributed by atoms with Crippen LogP contribution in [0.25, 0.3) is 0 Å². The Labute approximate surface area is 207 Å². The maximum absolute atomic E-state index is 10.9. The number of rotatable bonds is 7. The molecule has 212 valence electrons. The second kappa shape index (κ2) is 11.2. The third kappa shape index (κ3) is 5.15. The molecule has 0 aliphatic carbocycles. The van der Waals surface area contributed by atoms with Crippen molar-refractivity contribution >= 4 is 0 Å². The zero-order chi connectivity index (χ0) is 27.2. The molecule has 0 spiro atoms. The number of aliphatic hydroxyl groups is 8. The molecule has 2 unspecified atom stereocenters. The second-order valence-electron chi connectivity index (χ2n) is 9.86. The highest BCUT2D eigenvalue weighted by Gasteiger charge is 2.59. The molecular weight excluding hydrogens is 490 g/mol. The zero-order valence-corrected chi connectivity index (χ0v) is 20.0. The molecule has 14 N–H and O–H groups in total. The van der Waals surface area contributed by atoms with Crippen LogP contribution >= 0.6 is 0 Å². The van der Waals surface area contributed by atoms with Crippen molar-refractivity contribution in [3.05, 3.63) is 0 Å². The quantitative estimate of drug-likeness (QED) is 0.146. The Balaban J connectivity index is 1.76. The first-order valence-electron chi connectivity index (χ1n) is 11.6. The van der Waals surface area contributed by atoms with Crippen molar-refractivity contribution in [1.82, 2.24) is 0 Å². The van der Waals surface area contributed by atoms with Crippen LogP contribution in [-0.2, 0) is 23.7 Å². The molecule has 36 heavy (non-hydrogen) atoms. The van der Waals surface area contributed by atoms with E-state index in [1.165, 1.54) is 13.8 Å². The lowest BCUT2D eigenvalue weighted by Crippen LogP contribution is -2.74. The van der Waals surface area contributed by atoms with Gasteiger partial charge >= 0.3 is 0 Å². The molecule has 16 heteroatoms. The van der Waals surface area contributed by atoms with Gasteiger partial charge in [0.05, 0.1) is 37.9 Å². The molecule has 3 aliphatic heterocycles. The lowest BCUT2D eigenvalue weighted by atomic mass is 9.76. The number of hydrogen-bond acceptors (Lipinski definition) is 16. The molecular formula is C20H39N3O13. The number of hydrogen-bond donors (Lipinski definition) is 11. The van der Waals surface area contributed by atoms with Crippen molar-refractivity contribution in [2.75, 3.05) is 19.8 Å². The topological polar surface area (TPSA) is 286 Å². The molecule has 0 bridgehead atoms. The van der Waals surface area contributed by atoms with Gasteiger partial charge in [-0.2, -0.15) is 0 Å². The fraction of sp³-hybridized carbons (Fsp3) is 1.00. The monoisotopic (exact) mass is 529 g/mol. The van der Waals surface area contributed by atoms with E-state index in [1.807, 2.05) is 0 Å². The first-order chi connectivity index (χ1) is 16.7. The molecule has 3 saturated heterocycles. The molecule has 0 aromatic rings. The molecule has 0 radical (unpaired) electrons. The molecule has 0 aromatic carbocycles. The van der Waals surface area contributed by atoms with Crippen LogP contribution in [0.2, 0.25) is 0 Å². The van der Waals surface area contributed by atoms with Gasteiger partial charge in [-0.25, -0.2) is 0 Å². The van der Waals surface area contributed by atoms with Crippen LogP contribution in [0.1, 0.15) is 13.8 Å². The lowest BCUT2D eigenvalue weighted by Gasteiger charge is -2.54. The van der Waals surface area contributed by atoms with Gasteiger partial charge in [-0.05, 0) is 13.8 Å². The fourth-order valence-corrected chi connectivity index (χ4v) is 4.56. The second-order valence-corrected chi connectivity index (χ2v) is 9.86. The summed E-state index contributed by atoms with van der Waals surface area (Å²) in [5.74, 6) is 0. The van der Waals surface area contributed by atoms with Crippen molar-refractivity contribution in [1.29, 1.82) is 0 Å². The standard InChI is InChI=1S/C20H39N3O13/c1-19(5-26)20(2,31)15(29)10(23)18(36-19)35-14-7(4-25)33-17(9(22)12(14)28)34-13-6(3-24)32-16(30)8(21)11(13)27/h6-18,24-31H,3-5,21-23H2,1-2H3/t6-,7-,8-,9-,10-,11-,12-,13?,14?,15-,16-,17+,18+,19-,20+/m1/s1. The Morgan fingerprint density at radius 3 is 1.78 bits per heavy atom. The minimum Gasteiger partial charge on any atom is -0.394 e. The molecule has 16 nitrogen and oxygen atoms in total. The third-order valence-corrected chi connectivity index (χ3v) is 7.41. The molecule has 3 rings (SSSR count). The predicted octanol–water partition coefficient (Wildman–Crippen LogP) is -6.89. The van der Waals surface area contributed by atoms with Crippen LogP contribution in [-0.4, -0.2) is 152 Å². The highest BCUT2D eigenvalue weighted by atomic mass is 16.7. The minimum absolute atomic E-state index is 0.655. The molecule has 3 heterocycles. The number of nitrogens with two attached hydrogens (primary N) is 3. The van der Waals surface area contributed by atoms with E-state index in [0.29, 0.717) is 0 Å². The van der Waals surface area contributed by atoms with Crippen molar-refractivity contribution < 1.29 is 64.5 Å². The van der Waals surface area contributed by atoms with Gasteiger partial charge in [-0.15, -0.1) is 0 Å². The predicted molar refractivity (Wildman–Crippen MR) is 116 cm³/mol. The highest BCUT2D eigenvalue weighted by molar-refractivity contribution is 5.08. The van der Waals surface area contributed by atoms with E-state index in [1.54, 1.807) is 0 Å². The summed E-state index contributed by atoms with van der Waals surface area (Å²) in [5.41, 5.74) is 14.2. The van der Waals surface area contributed by atoms with E-state index < -0.39 is 111 Å². The first-order valence-corrected chi connectivity index (χ1v) is 11.6. The summed E-state index contributed by atoms with van der Waals surface area (Å²) >= 11 is 0. The van der Waals surface area contributed by atoms with E-state index in [-0.39, 0.29) is 0 Å². The van der Waals surface area contributed by atoms with Gasteiger partial charge in [-0.1, -0.05) is 0 Å². The van der Waals surface area contributed by atoms with Gasteiger partial charge in [0.25, 0.3) is 0 Å². The molecule has 15 atom stereocenters. The average Bonchev–Trinajstić information content (AvgIpc) is 2.85. The van der Waals surface area contributed by atoms with Crippen LogP contribution in [0.5, 0.6) is 0 Å². The van der Waals surface area contributed by atoms with E-state index in [9.17, 15) is 40.9 Å². The normalized spacial score (nSPS) is 54.4. The molecule has 0 amide bonds. The van der Waals surface area contributed by atoms with Crippen LogP contribution in [0.3, 0.4) is 0 Å². The largest absolute Gasteiger partial charge is 0.394 e. The summed E-state index contributed by atoms with van der Waals surface area (Å²) in [6.07, 6.45) is -14.3. The van der Waals surface area contributed by atoms with Crippen LogP contribution in [0.15, 0.2) is 0 Å². The van der Waals surface area contributed by atoms with Crippen molar-refractivity contribution in [2.45, 2.75) is 105 Å². The van der Waals surface area contributed by atoms with Gasteiger partial charge < -0.3 is 81.7 Å². The summed E-state index contributed by atoms with van der Waals surface area (Å²) in [7, 11) is 0. The van der Waals surface area contributed by atoms with Crippen molar-refractivity contribution in [2.24, 2.45) is 17.2 Å². The van der Waals surface area contributed by atoms with Crippen molar-refractivity contribution in [3.8, 4) is 0 Å². The first kappa shape index (κ1) is 29.9. The third-order valence-electron chi connectivity index (χ3n) is 7.41. The Morgan fingerprint density at radius 1 is 0.750 bits per heavy atom. The SMILES string of the molecule is C[C@]1(CO)O[C@H](OC2[C@@H](CO)O[C@@H](OC3[C@@H](CO)O[C@@H](O)[C@H](N)[C@H]3O)[C@H](N)[C@H]2O)[C@H](N)[C@@H](O)[C@]1(C)O. The number of aliphatic hydroxyl groups excluding tert-OH is 7. The van der Waals surface area contributed by atoms with Crippen LogP contribution < -0.4 is 17.2 Å². The Hall–Kier alpha value is -0.640. The fourth-order valence-electron chi connectivity index (χ4n) is 4.56. The van der Waals surface area contributed by atoms with E-state index in [0.717, 1.165) is 0 Å². The van der Waals surface area contributed by atoms with Gasteiger partial charge in [0.2, 0.25) is 0 Å². The average molecular weight is 530 g/mol. The molecule has 3 fully saturated rings. The highest BCUT2D eigenvalue weighted by Crippen LogP contribution is 2.39. The summed E-state index contributed by atoms with van der Waals surface area (Å²) < 4.78 is 27.9. The van der Waals surface area contributed by atoms with Crippen LogP contribution in [0, 0.1) is 0 Å². The lowest BCUT2D eigenvalue weighted by molar-refractivity contribution is -0.371. The summed E-state index contributed by atoms with van der Waals surface area (Å²) in [6, 6.07) is -3.95. The van der Waals surface area contributed by atoms with E-state index >= 15 is 0 Å². The minimum atomic E-state index is -1.95. The smallest absolute Gasteiger partial charge is 0.176 e. The molecule has 0 aromatic heterocycles. The van der Waals surface area contributed by atoms with Gasteiger partial charge in [0, 0.05) is 0 Å². The van der Waals surface area contributed by atoms with E-state index in [4.69, 9.17) is 40.9 Å². The Bertz CT molecular complexity index is 733. The Morgan fingerprint density at radius 2 is 1.25 bits per heavy atom. The maximum atomic E-state index is 10.9.